The molecule has 30 heavy (non-hydrogen) atoms. The molecule has 0 saturated heterocycles. The number of esters is 1. The molecular weight excluding hydrogens is 452 g/mol. The Morgan fingerprint density at radius 3 is 2.63 bits per heavy atom. The van der Waals surface area contributed by atoms with Crippen LogP contribution in [0.5, 0.6) is 0 Å². The van der Waals surface area contributed by atoms with Gasteiger partial charge in [-0.2, -0.15) is 0 Å². The second-order valence-electron chi connectivity index (χ2n) is 7.24. The Morgan fingerprint density at radius 1 is 1.23 bits per heavy atom. The summed E-state index contributed by atoms with van der Waals surface area (Å²) in [5.41, 5.74) is 1.87. The molecule has 1 N–H and O–H groups in total. The van der Waals surface area contributed by atoms with Crippen LogP contribution in [0, 0.1) is 19.8 Å². The number of anilines is 1. The van der Waals surface area contributed by atoms with E-state index >= 15 is 0 Å². The largest absolute Gasteiger partial charge is 0.461 e. The number of amides is 1. The summed E-state index contributed by atoms with van der Waals surface area (Å²) in [5, 5.41) is 3.21. The third-order valence-electron chi connectivity index (χ3n) is 4.54. The Morgan fingerprint density at radius 2 is 1.97 bits per heavy atom. The molecule has 0 fully saturated rings. The van der Waals surface area contributed by atoms with E-state index in [0.29, 0.717) is 22.3 Å². The second-order valence-corrected chi connectivity index (χ2v) is 8.09. The average Bonchev–Trinajstić information content (AvgIpc) is 2.69. The number of aryl methyl sites for hydroxylation is 2. The van der Waals surface area contributed by atoms with E-state index in [2.05, 4.69) is 26.2 Å². The van der Waals surface area contributed by atoms with E-state index in [4.69, 9.17) is 9.15 Å². The number of ether oxygens (including phenoxy) is 1. The minimum Gasteiger partial charge on any atom is -0.461 e. The monoisotopic (exact) mass is 472 g/mol. The van der Waals surface area contributed by atoms with Crippen molar-refractivity contribution in [2.75, 3.05) is 5.32 Å². The molecule has 1 amide bonds. The van der Waals surface area contributed by atoms with E-state index < -0.39 is 11.5 Å². The van der Waals surface area contributed by atoms with Gasteiger partial charge in [0.25, 0.3) is 5.91 Å². The van der Waals surface area contributed by atoms with Crippen LogP contribution in [0.15, 0.2) is 44.1 Å². The number of benzene rings is 1. The maximum atomic E-state index is 12.7. The van der Waals surface area contributed by atoms with Gasteiger partial charge in [0.05, 0.1) is 11.6 Å². The first kappa shape index (κ1) is 21.7. The standard InChI is InChI=1S/C22H21BrN2O5/c1-11(2)21(27)29-10-14-9-24-13(4)19-16(14)8-17(22(28)30-19)20(26)25-15-5-6-18(23)12(3)7-15/h5-9,11H,10H2,1-4H3,(H,25,26). The van der Waals surface area contributed by atoms with Crippen LogP contribution >= 0.6 is 15.9 Å². The first-order chi connectivity index (χ1) is 14.2. The van der Waals surface area contributed by atoms with Crippen LogP contribution in [0.4, 0.5) is 5.69 Å². The smallest absolute Gasteiger partial charge is 0.349 e. The van der Waals surface area contributed by atoms with Crippen LogP contribution in [0.25, 0.3) is 11.0 Å². The Balaban J connectivity index is 1.98. The fourth-order valence-electron chi connectivity index (χ4n) is 2.79. The van der Waals surface area contributed by atoms with Crippen molar-refractivity contribution in [3.05, 3.63) is 67.7 Å². The van der Waals surface area contributed by atoms with Gasteiger partial charge < -0.3 is 14.5 Å². The maximum absolute atomic E-state index is 12.7. The highest BCUT2D eigenvalue weighted by atomic mass is 79.9. The molecule has 0 aliphatic heterocycles. The summed E-state index contributed by atoms with van der Waals surface area (Å²) in [6.07, 6.45) is 1.55. The number of hydrogen-bond acceptors (Lipinski definition) is 6. The van der Waals surface area contributed by atoms with Gasteiger partial charge in [-0.05, 0) is 43.7 Å². The van der Waals surface area contributed by atoms with E-state index in [-0.39, 0.29) is 29.6 Å². The van der Waals surface area contributed by atoms with Crippen molar-refractivity contribution in [2.45, 2.75) is 34.3 Å². The zero-order valence-electron chi connectivity index (χ0n) is 17.0. The molecule has 0 aliphatic rings. The normalized spacial score (nSPS) is 11.0. The number of rotatable bonds is 5. The number of carbonyl (C=O) groups is 2. The molecule has 8 heteroatoms. The van der Waals surface area contributed by atoms with Gasteiger partial charge in [0.1, 0.15) is 12.2 Å². The van der Waals surface area contributed by atoms with Crippen molar-refractivity contribution in [3.8, 4) is 0 Å². The molecule has 7 nitrogen and oxygen atoms in total. The summed E-state index contributed by atoms with van der Waals surface area (Å²) in [6.45, 7) is 7.02. The van der Waals surface area contributed by atoms with Crippen molar-refractivity contribution in [3.63, 3.8) is 0 Å². The van der Waals surface area contributed by atoms with Crippen molar-refractivity contribution < 1.29 is 18.7 Å². The lowest BCUT2D eigenvalue weighted by Crippen LogP contribution is -2.21. The number of halogens is 1. The van der Waals surface area contributed by atoms with Gasteiger partial charge in [0.15, 0.2) is 5.58 Å². The average molecular weight is 473 g/mol. The zero-order valence-corrected chi connectivity index (χ0v) is 18.6. The van der Waals surface area contributed by atoms with Crippen molar-refractivity contribution >= 4 is 44.5 Å². The maximum Gasteiger partial charge on any atom is 0.349 e. The van der Waals surface area contributed by atoms with Gasteiger partial charge >= 0.3 is 11.6 Å². The molecule has 0 unspecified atom stereocenters. The molecule has 1 aromatic carbocycles. The number of nitrogens with zero attached hydrogens (tertiary/aromatic N) is 1. The number of aromatic nitrogens is 1. The van der Waals surface area contributed by atoms with Crippen LogP contribution in [0.2, 0.25) is 0 Å². The molecule has 0 saturated carbocycles. The van der Waals surface area contributed by atoms with Crippen molar-refractivity contribution in [1.29, 1.82) is 0 Å². The van der Waals surface area contributed by atoms with E-state index in [1.165, 1.54) is 6.07 Å². The van der Waals surface area contributed by atoms with E-state index in [1.54, 1.807) is 39.1 Å². The summed E-state index contributed by atoms with van der Waals surface area (Å²) >= 11 is 3.41. The Labute approximate surface area is 181 Å². The van der Waals surface area contributed by atoms with Gasteiger partial charge in [-0.15, -0.1) is 0 Å². The highest BCUT2D eigenvalue weighted by Crippen LogP contribution is 2.23. The minimum absolute atomic E-state index is 0.0402. The lowest BCUT2D eigenvalue weighted by Gasteiger charge is -2.11. The van der Waals surface area contributed by atoms with Crippen LogP contribution in [-0.2, 0) is 16.1 Å². The number of pyridine rings is 1. The molecule has 0 radical (unpaired) electrons. The quantitative estimate of drug-likeness (QED) is 0.548. The molecule has 3 rings (SSSR count). The van der Waals surface area contributed by atoms with E-state index in [1.807, 2.05) is 13.0 Å². The first-order valence-electron chi connectivity index (χ1n) is 9.34. The SMILES string of the molecule is Cc1cc(NC(=O)c2cc3c(COC(=O)C(C)C)cnc(C)c3oc2=O)ccc1Br. The van der Waals surface area contributed by atoms with Crippen LogP contribution in [-0.4, -0.2) is 16.9 Å². The summed E-state index contributed by atoms with van der Waals surface area (Å²) in [4.78, 5) is 41.2. The molecule has 0 bridgehead atoms. The van der Waals surface area contributed by atoms with Crippen LogP contribution in [0.1, 0.15) is 41.0 Å². The topological polar surface area (TPSA) is 98.5 Å². The molecule has 0 atom stereocenters. The second kappa shape index (κ2) is 8.79. The predicted molar refractivity (Wildman–Crippen MR) is 116 cm³/mol. The third kappa shape index (κ3) is 4.59. The van der Waals surface area contributed by atoms with Crippen LogP contribution in [0.3, 0.4) is 0 Å². The predicted octanol–water partition coefficient (Wildman–Crippen LogP) is 4.52. The van der Waals surface area contributed by atoms with Crippen LogP contribution < -0.4 is 10.9 Å². The Bertz CT molecular complexity index is 1200. The summed E-state index contributed by atoms with van der Waals surface area (Å²) < 4.78 is 11.6. The summed E-state index contributed by atoms with van der Waals surface area (Å²) in [5.74, 6) is -1.22. The van der Waals surface area contributed by atoms with Crippen molar-refractivity contribution in [2.24, 2.45) is 5.92 Å². The van der Waals surface area contributed by atoms with Crippen molar-refractivity contribution in [1.82, 2.24) is 4.98 Å². The molecule has 2 aromatic heterocycles. The number of carbonyl (C=O) groups excluding carboxylic acids is 2. The van der Waals surface area contributed by atoms with Gasteiger partial charge in [-0.25, -0.2) is 4.79 Å². The minimum atomic E-state index is -0.768. The number of fused-ring (bicyclic) bond motifs is 1. The lowest BCUT2D eigenvalue weighted by atomic mass is 10.1. The lowest BCUT2D eigenvalue weighted by molar-refractivity contribution is -0.148. The highest BCUT2D eigenvalue weighted by Gasteiger charge is 2.18. The fraction of sp³-hybridized carbons (Fsp3) is 0.273. The van der Waals surface area contributed by atoms with E-state index in [9.17, 15) is 14.4 Å². The molecule has 2 heterocycles. The Kier molecular flexibility index (Phi) is 6.36. The summed E-state index contributed by atoms with van der Waals surface area (Å²) in [7, 11) is 0. The van der Waals surface area contributed by atoms with Gasteiger partial charge in [0, 0.05) is 27.3 Å². The Hall–Kier alpha value is -3.00. The molecule has 156 valence electrons. The first-order valence-corrected chi connectivity index (χ1v) is 10.1. The van der Waals surface area contributed by atoms with Gasteiger partial charge in [-0.3, -0.25) is 14.6 Å². The molecule has 0 spiro atoms. The third-order valence-corrected chi connectivity index (χ3v) is 5.43. The summed E-state index contributed by atoms with van der Waals surface area (Å²) in [6, 6.07) is 6.78. The number of nitrogens with one attached hydrogen (secondary N) is 1. The number of hydrogen-bond donors (Lipinski definition) is 1. The molecule has 3 aromatic rings. The molecule has 0 aliphatic carbocycles. The fourth-order valence-corrected chi connectivity index (χ4v) is 3.04. The highest BCUT2D eigenvalue weighted by molar-refractivity contribution is 9.10. The molecular formula is C22H21BrN2O5. The van der Waals surface area contributed by atoms with Gasteiger partial charge in [-0.1, -0.05) is 29.8 Å². The zero-order chi connectivity index (χ0) is 22.0. The van der Waals surface area contributed by atoms with Gasteiger partial charge in [0.2, 0.25) is 0 Å². The van der Waals surface area contributed by atoms with E-state index in [0.717, 1.165) is 10.0 Å².